The molecule has 1 atom stereocenters. The van der Waals surface area contributed by atoms with Crippen LogP contribution in [-0.4, -0.2) is 29.9 Å². The smallest absolute Gasteiger partial charge is 0.151 e. The van der Waals surface area contributed by atoms with E-state index in [4.69, 9.17) is 0 Å². The highest BCUT2D eigenvalue weighted by Gasteiger charge is 2.31. The van der Waals surface area contributed by atoms with Crippen LogP contribution in [-0.2, 0) is 22.7 Å². The number of aryl methyl sites for hydroxylation is 2. The number of nitrogens with one attached hydrogen (secondary N) is 1. The predicted octanol–water partition coefficient (Wildman–Crippen LogP) is 1.19. The Morgan fingerprint density at radius 3 is 2.75 bits per heavy atom. The Bertz CT molecular complexity index is 481. The average molecular weight is 240 g/mol. The second kappa shape index (κ2) is 3.58. The molecule has 1 aromatic rings. The number of rotatable bonds is 1. The van der Waals surface area contributed by atoms with Gasteiger partial charge in [0.1, 0.15) is 5.82 Å². The van der Waals surface area contributed by atoms with Crippen molar-refractivity contribution in [3.05, 3.63) is 17.2 Å². The average Bonchev–Trinajstić information content (AvgIpc) is 2.80. The summed E-state index contributed by atoms with van der Waals surface area (Å²) in [4.78, 5) is 7.92. The summed E-state index contributed by atoms with van der Waals surface area (Å²) in [6.45, 7) is 0. The molecule has 88 valence electrons. The van der Waals surface area contributed by atoms with Gasteiger partial charge in [-0.05, 0) is 32.1 Å². The Hall–Kier alpha value is -0.840. The van der Waals surface area contributed by atoms with Crippen LogP contribution in [0.4, 0.5) is 0 Å². The Morgan fingerprint density at radius 2 is 2.06 bits per heavy atom. The molecule has 0 bridgehead atoms. The number of imidazole rings is 1. The van der Waals surface area contributed by atoms with Crippen molar-refractivity contribution in [3.63, 3.8) is 0 Å². The molecule has 1 saturated heterocycles. The molecule has 0 radical (unpaired) electrons. The molecule has 1 aliphatic carbocycles. The fourth-order valence-electron chi connectivity index (χ4n) is 2.68. The van der Waals surface area contributed by atoms with Gasteiger partial charge in [-0.2, -0.15) is 0 Å². The van der Waals surface area contributed by atoms with E-state index in [1.165, 1.54) is 24.2 Å². The molecule has 4 nitrogen and oxygen atoms in total. The topological polar surface area (TPSA) is 62.8 Å². The predicted molar refractivity (Wildman–Crippen MR) is 61.2 cm³/mol. The van der Waals surface area contributed by atoms with Crippen LogP contribution in [0.25, 0.3) is 0 Å². The van der Waals surface area contributed by atoms with Gasteiger partial charge in [-0.3, -0.25) is 0 Å². The molecule has 0 spiro atoms. The van der Waals surface area contributed by atoms with Gasteiger partial charge in [0.25, 0.3) is 0 Å². The van der Waals surface area contributed by atoms with Crippen molar-refractivity contribution in [1.29, 1.82) is 0 Å². The summed E-state index contributed by atoms with van der Waals surface area (Å²) in [7, 11) is -2.81. The van der Waals surface area contributed by atoms with Gasteiger partial charge in [0.15, 0.2) is 9.84 Å². The maximum Gasteiger partial charge on any atom is 0.151 e. The number of sulfone groups is 1. The van der Waals surface area contributed by atoms with Gasteiger partial charge in [-0.15, -0.1) is 0 Å². The van der Waals surface area contributed by atoms with E-state index in [2.05, 4.69) is 9.97 Å². The monoisotopic (exact) mass is 240 g/mol. The van der Waals surface area contributed by atoms with E-state index in [0.717, 1.165) is 25.1 Å². The largest absolute Gasteiger partial charge is 0.345 e. The minimum atomic E-state index is -2.81. The summed E-state index contributed by atoms with van der Waals surface area (Å²) >= 11 is 0. The van der Waals surface area contributed by atoms with Crippen LogP contribution in [0.2, 0.25) is 0 Å². The third kappa shape index (κ3) is 1.77. The molecule has 0 aromatic carbocycles. The van der Waals surface area contributed by atoms with E-state index in [9.17, 15) is 8.42 Å². The van der Waals surface area contributed by atoms with Gasteiger partial charge in [0.05, 0.1) is 17.2 Å². The maximum atomic E-state index is 11.4. The maximum absolute atomic E-state index is 11.4. The molecule has 2 heterocycles. The number of aromatic amines is 1. The quantitative estimate of drug-likeness (QED) is 0.802. The lowest BCUT2D eigenvalue weighted by Crippen LogP contribution is -2.05. The molecular formula is C11H16N2O2S. The number of H-pyrrole nitrogens is 1. The van der Waals surface area contributed by atoms with E-state index in [-0.39, 0.29) is 11.7 Å². The molecule has 1 unspecified atom stereocenters. The van der Waals surface area contributed by atoms with Crippen molar-refractivity contribution in [3.8, 4) is 0 Å². The van der Waals surface area contributed by atoms with E-state index >= 15 is 0 Å². The lowest BCUT2D eigenvalue weighted by molar-refractivity contribution is 0.601. The van der Waals surface area contributed by atoms with Gasteiger partial charge in [0, 0.05) is 11.6 Å². The first kappa shape index (κ1) is 10.3. The van der Waals surface area contributed by atoms with Gasteiger partial charge in [0.2, 0.25) is 0 Å². The highest BCUT2D eigenvalue weighted by Crippen LogP contribution is 2.29. The minimum absolute atomic E-state index is 0.107. The molecule has 1 N–H and O–H groups in total. The fraction of sp³-hybridized carbons (Fsp3) is 0.727. The summed E-state index contributed by atoms with van der Waals surface area (Å²) in [6, 6.07) is 0. The normalized spacial score (nSPS) is 27.9. The fourth-order valence-corrected chi connectivity index (χ4v) is 4.43. The second-order valence-electron chi connectivity index (χ2n) is 4.85. The Balaban J connectivity index is 1.88. The van der Waals surface area contributed by atoms with Crippen LogP contribution >= 0.6 is 0 Å². The van der Waals surface area contributed by atoms with Crippen LogP contribution in [0, 0.1) is 0 Å². The van der Waals surface area contributed by atoms with E-state index in [0.29, 0.717) is 5.75 Å². The third-order valence-electron chi connectivity index (χ3n) is 3.59. The summed E-state index contributed by atoms with van der Waals surface area (Å²) in [5.41, 5.74) is 2.41. The van der Waals surface area contributed by atoms with Crippen molar-refractivity contribution in [2.45, 2.75) is 38.0 Å². The molecule has 1 fully saturated rings. The summed E-state index contributed by atoms with van der Waals surface area (Å²) < 4.78 is 22.8. The van der Waals surface area contributed by atoms with Gasteiger partial charge in [-0.1, -0.05) is 0 Å². The second-order valence-corrected chi connectivity index (χ2v) is 7.08. The van der Waals surface area contributed by atoms with Crippen LogP contribution < -0.4 is 0 Å². The molecule has 3 rings (SSSR count). The molecule has 1 aliphatic heterocycles. The summed E-state index contributed by atoms with van der Waals surface area (Å²) in [5, 5.41) is 0. The molecule has 0 amide bonds. The molecular weight excluding hydrogens is 224 g/mol. The lowest BCUT2D eigenvalue weighted by Gasteiger charge is -2.07. The van der Waals surface area contributed by atoms with Gasteiger partial charge >= 0.3 is 0 Å². The van der Waals surface area contributed by atoms with E-state index in [1.807, 2.05) is 0 Å². The lowest BCUT2D eigenvalue weighted by atomic mass is 10.0. The Kier molecular flexibility index (Phi) is 2.31. The van der Waals surface area contributed by atoms with Crippen molar-refractivity contribution < 1.29 is 8.42 Å². The van der Waals surface area contributed by atoms with Crippen LogP contribution in [0.5, 0.6) is 0 Å². The minimum Gasteiger partial charge on any atom is -0.345 e. The van der Waals surface area contributed by atoms with Gasteiger partial charge in [-0.25, -0.2) is 13.4 Å². The highest BCUT2D eigenvalue weighted by molar-refractivity contribution is 7.91. The van der Waals surface area contributed by atoms with E-state index in [1.54, 1.807) is 0 Å². The SMILES string of the molecule is O=S1(=O)CCC(c2nc3c([nH]2)CCCC3)C1. The van der Waals surface area contributed by atoms with Crippen molar-refractivity contribution in [2.75, 3.05) is 11.5 Å². The third-order valence-corrected chi connectivity index (χ3v) is 5.36. The number of hydrogen-bond acceptors (Lipinski definition) is 3. The van der Waals surface area contributed by atoms with Crippen molar-refractivity contribution >= 4 is 9.84 Å². The zero-order valence-electron chi connectivity index (χ0n) is 9.20. The zero-order valence-corrected chi connectivity index (χ0v) is 10.0. The zero-order chi connectivity index (χ0) is 11.2. The number of nitrogens with zero attached hydrogens (tertiary/aromatic N) is 1. The number of fused-ring (bicyclic) bond motifs is 1. The molecule has 5 heteroatoms. The highest BCUT2D eigenvalue weighted by atomic mass is 32.2. The first-order valence-electron chi connectivity index (χ1n) is 5.92. The standard InChI is InChI=1S/C11H16N2O2S/c14-16(15)6-5-8(7-16)11-12-9-3-1-2-4-10(9)13-11/h8H,1-7H2,(H,12,13). The first-order valence-corrected chi connectivity index (χ1v) is 7.74. The van der Waals surface area contributed by atoms with Crippen molar-refractivity contribution in [2.24, 2.45) is 0 Å². The van der Waals surface area contributed by atoms with E-state index < -0.39 is 9.84 Å². The molecule has 0 saturated carbocycles. The summed E-state index contributed by atoms with van der Waals surface area (Å²) in [5.74, 6) is 1.62. The van der Waals surface area contributed by atoms with Crippen LogP contribution in [0.1, 0.15) is 42.4 Å². The van der Waals surface area contributed by atoms with Crippen LogP contribution in [0.3, 0.4) is 0 Å². The molecule has 1 aromatic heterocycles. The molecule has 16 heavy (non-hydrogen) atoms. The number of aromatic nitrogens is 2. The number of hydrogen-bond donors (Lipinski definition) is 1. The first-order chi connectivity index (χ1) is 7.64. The molecule has 2 aliphatic rings. The van der Waals surface area contributed by atoms with Crippen LogP contribution in [0.15, 0.2) is 0 Å². The van der Waals surface area contributed by atoms with Crippen molar-refractivity contribution in [1.82, 2.24) is 9.97 Å². The summed E-state index contributed by atoms with van der Waals surface area (Å²) in [6.07, 6.45) is 5.28. The Labute approximate surface area is 95.4 Å². The Morgan fingerprint density at radius 1 is 1.25 bits per heavy atom. The van der Waals surface area contributed by atoms with Gasteiger partial charge < -0.3 is 4.98 Å².